The summed E-state index contributed by atoms with van der Waals surface area (Å²) >= 11 is 1.52. The van der Waals surface area contributed by atoms with Crippen molar-refractivity contribution in [3.8, 4) is 22.5 Å². The van der Waals surface area contributed by atoms with Crippen LogP contribution >= 0.6 is 11.8 Å². The average Bonchev–Trinajstić information content (AvgIpc) is 3.49. The van der Waals surface area contributed by atoms with E-state index in [4.69, 9.17) is 9.15 Å². The third kappa shape index (κ3) is 7.23. The van der Waals surface area contributed by atoms with Crippen molar-refractivity contribution in [3.05, 3.63) is 120 Å². The number of carbonyl (C=O) groups excluding carboxylic acids is 1. The number of nitrogens with one attached hydrogen (secondary N) is 1. The summed E-state index contributed by atoms with van der Waals surface area (Å²) < 4.78 is 25.4. The number of hydrogen-bond acceptors (Lipinski definition) is 5. The van der Waals surface area contributed by atoms with Crippen LogP contribution in [-0.4, -0.2) is 42.1 Å². The van der Waals surface area contributed by atoms with Crippen molar-refractivity contribution < 1.29 is 48.5 Å². The molecule has 5 rings (SSSR count). The number of benzene rings is 4. The van der Waals surface area contributed by atoms with Crippen molar-refractivity contribution in [1.82, 2.24) is 5.32 Å². The van der Waals surface area contributed by atoms with E-state index in [1.807, 2.05) is 66.9 Å². The van der Waals surface area contributed by atoms with Crippen LogP contribution in [0.25, 0.3) is 33.2 Å². The number of ether oxygens (including phenoxy) is 1. The molecule has 1 heterocycles. The van der Waals surface area contributed by atoms with Gasteiger partial charge in [0.15, 0.2) is 0 Å². The smallest absolute Gasteiger partial charge is 1.00 e. The number of aliphatic carboxylic acids is 1. The Hall–Kier alpha value is -3.80. The molecule has 6 nitrogen and oxygen atoms in total. The SMILES string of the molecule is COC(c1ccc(C(=O)NC(CCSC)C(=O)O)c(-c2cccc3ccccc23)c1)c1ccc(-c2ccc(F)cc2)o1.[H-].[Li+]. The Labute approximate surface area is 267 Å². The molecule has 9 heteroatoms. The van der Waals surface area contributed by atoms with Gasteiger partial charge in [0.1, 0.15) is 29.5 Å². The van der Waals surface area contributed by atoms with Crippen LogP contribution in [0.1, 0.15) is 35.6 Å². The van der Waals surface area contributed by atoms with Gasteiger partial charge in [-0.05, 0) is 94.4 Å². The molecule has 0 aliphatic rings. The Kier molecular flexibility index (Phi) is 10.9. The molecule has 2 unspecified atom stereocenters. The standard InChI is InChI=1S/C34H30FNO5S.Li.H/c1-40-32(31-17-16-30(41-31)22-10-13-24(35)14-11-22)23-12-15-27(33(37)36-29(34(38)39)18-19-42-2)28(20-23)26-9-5-7-21-6-3-4-8-25(21)26;;/h3-17,20,29,32H,18-19H2,1-2H3,(H,36,37)(H,38,39);;/q;+1;-1. The first-order valence-corrected chi connectivity index (χ1v) is 14.8. The van der Waals surface area contributed by atoms with Crippen molar-refractivity contribution in [2.45, 2.75) is 18.6 Å². The quantitative estimate of drug-likeness (QED) is 0.217. The van der Waals surface area contributed by atoms with Gasteiger partial charge < -0.3 is 21.0 Å². The number of methoxy groups -OCH3 is 1. The molecule has 0 aliphatic heterocycles. The van der Waals surface area contributed by atoms with Crippen LogP contribution in [-0.2, 0) is 9.53 Å². The van der Waals surface area contributed by atoms with Crippen LogP contribution in [0, 0.1) is 5.82 Å². The number of carbonyl (C=O) groups is 2. The second-order valence-corrected chi connectivity index (χ2v) is 10.8. The number of fused-ring (bicyclic) bond motifs is 1. The van der Waals surface area contributed by atoms with Gasteiger partial charge >= 0.3 is 24.8 Å². The average molecular weight is 592 g/mol. The fourth-order valence-corrected chi connectivity index (χ4v) is 5.49. The predicted molar refractivity (Wildman–Crippen MR) is 165 cm³/mol. The molecule has 0 saturated heterocycles. The van der Waals surface area contributed by atoms with Crippen molar-refractivity contribution in [2.75, 3.05) is 19.1 Å². The number of amides is 1. The zero-order valence-electron chi connectivity index (χ0n) is 25.2. The van der Waals surface area contributed by atoms with Crippen LogP contribution in [0.15, 0.2) is 101 Å². The number of carboxylic acids is 1. The molecular formula is C34H31FLiNO5S. The van der Waals surface area contributed by atoms with Gasteiger partial charge in [0.2, 0.25) is 0 Å². The Morgan fingerprint density at radius 1 is 0.977 bits per heavy atom. The molecule has 1 amide bonds. The number of hydrogen-bond donors (Lipinski definition) is 2. The molecule has 0 saturated carbocycles. The van der Waals surface area contributed by atoms with Crippen LogP contribution in [0.4, 0.5) is 4.39 Å². The Balaban J connectivity index is 0.00000264. The van der Waals surface area contributed by atoms with E-state index in [2.05, 4.69) is 5.32 Å². The first-order chi connectivity index (χ1) is 20.4. The normalized spacial score (nSPS) is 12.3. The van der Waals surface area contributed by atoms with Gasteiger partial charge in [0.25, 0.3) is 5.91 Å². The van der Waals surface area contributed by atoms with Gasteiger partial charge in [0, 0.05) is 18.2 Å². The predicted octanol–water partition coefficient (Wildman–Crippen LogP) is 4.69. The minimum Gasteiger partial charge on any atom is -1.00 e. The number of carboxylic acid groups (broad SMARTS) is 1. The zero-order valence-corrected chi connectivity index (χ0v) is 25.0. The van der Waals surface area contributed by atoms with Gasteiger partial charge in [-0.15, -0.1) is 0 Å². The second kappa shape index (κ2) is 14.6. The number of furan rings is 1. The zero-order chi connectivity index (χ0) is 29.6. The van der Waals surface area contributed by atoms with Crippen molar-refractivity contribution >= 4 is 34.4 Å². The molecule has 216 valence electrons. The van der Waals surface area contributed by atoms with E-state index in [-0.39, 0.29) is 26.1 Å². The molecule has 2 N–H and O–H groups in total. The monoisotopic (exact) mass is 591 g/mol. The molecule has 1 aromatic heterocycles. The van der Waals surface area contributed by atoms with Crippen LogP contribution in [0.3, 0.4) is 0 Å². The largest absolute Gasteiger partial charge is 1.00 e. The van der Waals surface area contributed by atoms with E-state index in [0.29, 0.717) is 34.8 Å². The van der Waals surface area contributed by atoms with E-state index >= 15 is 0 Å². The summed E-state index contributed by atoms with van der Waals surface area (Å²) in [7, 11) is 1.58. The molecule has 0 fully saturated rings. The topological polar surface area (TPSA) is 88.8 Å². The molecule has 43 heavy (non-hydrogen) atoms. The van der Waals surface area contributed by atoms with Gasteiger partial charge in [-0.1, -0.05) is 48.5 Å². The second-order valence-electron chi connectivity index (χ2n) is 9.80. The number of thioether (sulfide) groups is 1. The number of halogens is 1. The molecular weight excluding hydrogens is 560 g/mol. The summed E-state index contributed by atoms with van der Waals surface area (Å²) in [4.78, 5) is 25.5. The minimum absolute atomic E-state index is 0. The fraction of sp³-hybridized carbons (Fsp3) is 0.176. The maximum absolute atomic E-state index is 13.6. The fourth-order valence-electron chi connectivity index (χ4n) is 5.01. The van der Waals surface area contributed by atoms with Gasteiger partial charge in [-0.2, -0.15) is 11.8 Å². The van der Waals surface area contributed by atoms with E-state index in [1.165, 1.54) is 23.9 Å². The maximum atomic E-state index is 13.6. The van der Waals surface area contributed by atoms with E-state index < -0.39 is 24.0 Å². The first kappa shape index (κ1) is 32.1. The van der Waals surface area contributed by atoms with Gasteiger partial charge in [-0.3, -0.25) is 4.79 Å². The van der Waals surface area contributed by atoms with E-state index in [1.54, 1.807) is 31.4 Å². The minimum atomic E-state index is -1.07. The third-order valence-electron chi connectivity index (χ3n) is 7.13. The van der Waals surface area contributed by atoms with Crippen molar-refractivity contribution in [1.29, 1.82) is 0 Å². The molecule has 2 atom stereocenters. The van der Waals surface area contributed by atoms with Crippen LogP contribution in [0.5, 0.6) is 0 Å². The molecule has 5 aromatic rings. The summed E-state index contributed by atoms with van der Waals surface area (Å²) in [6.07, 6.45) is 1.61. The Morgan fingerprint density at radius 2 is 1.72 bits per heavy atom. The molecule has 0 aliphatic carbocycles. The summed E-state index contributed by atoms with van der Waals surface area (Å²) in [6, 6.07) is 27.8. The van der Waals surface area contributed by atoms with Crippen LogP contribution in [0.2, 0.25) is 0 Å². The summed E-state index contributed by atoms with van der Waals surface area (Å²) in [5.41, 5.74) is 3.30. The molecule has 0 bridgehead atoms. The van der Waals surface area contributed by atoms with Gasteiger partial charge in [0.05, 0.1) is 0 Å². The Morgan fingerprint density at radius 3 is 2.44 bits per heavy atom. The van der Waals surface area contributed by atoms with Gasteiger partial charge in [-0.25, -0.2) is 9.18 Å². The molecule has 0 spiro atoms. The van der Waals surface area contributed by atoms with E-state index in [0.717, 1.165) is 27.5 Å². The van der Waals surface area contributed by atoms with Crippen molar-refractivity contribution in [2.24, 2.45) is 0 Å². The molecule has 4 aromatic carbocycles. The third-order valence-corrected chi connectivity index (χ3v) is 7.78. The van der Waals surface area contributed by atoms with E-state index in [9.17, 15) is 19.1 Å². The summed E-state index contributed by atoms with van der Waals surface area (Å²) in [5.74, 6) is -0.156. The van der Waals surface area contributed by atoms with Crippen LogP contribution < -0.4 is 24.2 Å². The summed E-state index contributed by atoms with van der Waals surface area (Å²) in [6.45, 7) is 0. The Bertz CT molecular complexity index is 1720. The van der Waals surface area contributed by atoms with Crippen molar-refractivity contribution in [3.63, 3.8) is 0 Å². The summed E-state index contributed by atoms with van der Waals surface area (Å²) in [5, 5.41) is 14.4. The first-order valence-electron chi connectivity index (χ1n) is 13.4. The number of rotatable bonds is 11. The molecule has 0 radical (unpaired) electrons. The maximum Gasteiger partial charge on any atom is 1.00 e.